The molecule has 45 heavy (non-hydrogen) atoms. The van der Waals surface area contributed by atoms with Gasteiger partial charge in [0.05, 0.1) is 27.2 Å². The Morgan fingerprint density at radius 3 is 1.16 bits per heavy atom. The molecule has 0 amide bonds. The normalized spacial score (nSPS) is 12.5. The Labute approximate surface area is 295 Å². The average Bonchev–Trinajstić information content (AvgIpc) is 3.01. The van der Waals surface area contributed by atoms with Crippen molar-refractivity contribution in [1.82, 2.24) is 0 Å². The minimum absolute atomic E-state index is 0. The first kappa shape index (κ1) is 47.4. The minimum Gasteiger partial charge on any atom is -1.00 e. The van der Waals surface area contributed by atoms with Crippen LogP contribution in [0.3, 0.4) is 0 Å². The van der Waals surface area contributed by atoms with Gasteiger partial charge >= 0.3 is 0 Å². The summed E-state index contributed by atoms with van der Waals surface area (Å²) in [6, 6.07) is 0. The summed E-state index contributed by atoms with van der Waals surface area (Å²) in [6.45, 7) is 9.98. The van der Waals surface area contributed by atoms with Gasteiger partial charge < -0.3 is 36.7 Å². The predicted molar refractivity (Wildman–Crippen MR) is 197 cm³/mol. The lowest BCUT2D eigenvalue weighted by atomic mass is 10.0. The van der Waals surface area contributed by atoms with Crippen LogP contribution in [0.15, 0.2) is 0 Å². The number of halogens is 1. The van der Waals surface area contributed by atoms with Gasteiger partial charge in [-0.05, 0) is 19.4 Å². The molecule has 0 saturated carbocycles. The molecule has 0 aromatic rings. The molecule has 5 heteroatoms. The van der Waals surface area contributed by atoms with Crippen molar-refractivity contribution in [3.63, 3.8) is 0 Å². The quantitative estimate of drug-likeness (QED) is 0.0516. The molecule has 0 aliphatic rings. The smallest absolute Gasteiger partial charge is 0.130 e. The predicted octanol–water partition coefficient (Wildman–Crippen LogP) is 8.78. The molecule has 4 nitrogen and oxygen atoms in total. The molecule has 0 rings (SSSR count). The molecule has 0 aromatic carbocycles. The Bertz CT molecular complexity index is 534. The lowest BCUT2D eigenvalue weighted by Gasteiger charge is -2.33. The molecular formula is C40H85BrN2O2. The number of likely N-dealkylation sites (N-methyl/N-ethyl adjacent to an activating group) is 1. The summed E-state index contributed by atoms with van der Waals surface area (Å²) in [7, 11) is 4.62. The Hall–Kier alpha value is 0.320. The topological polar surface area (TPSA) is 44.5 Å². The zero-order valence-electron chi connectivity index (χ0n) is 31.5. The van der Waals surface area contributed by atoms with Crippen molar-refractivity contribution in [3.05, 3.63) is 0 Å². The lowest BCUT2D eigenvalue weighted by molar-refractivity contribution is -0.893. The molecule has 0 saturated heterocycles. The molecule has 0 heterocycles. The van der Waals surface area contributed by atoms with Gasteiger partial charge in [-0.1, -0.05) is 181 Å². The molecule has 0 aliphatic carbocycles. The van der Waals surface area contributed by atoms with Gasteiger partial charge in [0.2, 0.25) is 0 Å². The van der Waals surface area contributed by atoms with Gasteiger partial charge in [0.1, 0.15) is 12.6 Å². The Morgan fingerprint density at radius 1 is 0.467 bits per heavy atom. The number of quaternary nitrogens is 1. The van der Waals surface area contributed by atoms with E-state index in [1.807, 2.05) is 0 Å². The van der Waals surface area contributed by atoms with E-state index >= 15 is 0 Å². The van der Waals surface area contributed by atoms with E-state index in [-0.39, 0.29) is 23.1 Å². The van der Waals surface area contributed by atoms with E-state index in [1.54, 1.807) is 0 Å². The van der Waals surface area contributed by atoms with Crippen molar-refractivity contribution in [2.24, 2.45) is 5.73 Å². The standard InChI is InChI=1S/C40H85N2O2.BrH/c1-5-7-9-11-13-15-17-19-21-23-25-27-29-31-36-43-39-40(38-42(3,4)35-33-34-41)44-37-32-30-28-26-24-22-20-18-16-14-12-10-8-6-2;/h40H,5-39,41H2,1-4H3;1H/q+1;/p-1. The third-order valence-electron chi connectivity index (χ3n) is 9.46. The number of nitrogens with two attached hydrogens (primary N) is 1. The molecule has 0 radical (unpaired) electrons. The molecule has 0 aliphatic heterocycles. The summed E-state index contributed by atoms with van der Waals surface area (Å²) in [5, 5.41) is 0. The van der Waals surface area contributed by atoms with Crippen LogP contribution >= 0.6 is 0 Å². The van der Waals surface area contributed by atoms with Crippen molar-refractivity contribution in [2.45, 2.75) is 206 Å². The van der Waals surface area contributed by atoms with E-state index in [9.17, 15) is 0 Å². The first-order chi connectivity index (χ1) is 21.6. The molecule has 0 fully saturated rings. The zero-order valence-corrected chi connectivity index (χ0v) is 33.1. The van der Waals surface area contributed by atoms with E-state index in [0.29, 0.717) is 0 Å². The third kappa shape index (κ3) is 38.6. The van der Waals surface area contributed by atoms with E-state index in [4.69, 9.17) is 15.2 Å². The van der Waals surface area contributed by atoms with Crippen LogP contribution in [-0.2, 0) is 9.47 Å². The van der Waals surface area contributed by atoms with Crippen molar-refractivity contribution in [1.29, 1.82) is 0 Å². The third-order valence-corrected chi connectivity index (χ3v) is 9.46. The van der Waals surface area contributed by atoms with E-state index in [2.05, 4.69) is 27.9 Å². The Kier molecular flexibility index (Phi) is 40.9. The molecule has 1 unspecified atom stereocenters. The highest BCUT2D eigenvalue weighted by Gasteiger charge is 2.22. The van der Waals surface area contributed by atoms with Crippen molar-refractivity contribution >= 4 is 0 Å². The second-order valence-corrected chi connectivity index (χ2v) is 14.7. The van der Waals surface area contributed by atoms with Gasteiger partial charge in [0.25, 0.3) is 0 Å². The highest BCUT2D eigenvalue weighted by molar-refractivity contribution is 4.58. The molecular weight excluding hydrogens is 620 g/mol. The van der Waals surface area contributed by atoms with E-state index < -0.39 is 0 Å². The maximum atomic E-state index is 6.42. The maximum absolute atomic E-state index is 6.42. The molecule has 1 atom stereocenters. The van der Waals surface area contributed by atoms with Crippen LogP contribution in [-0.4, -0.2) is 64.1 Å². The summed E-state index contributed by atoms with van der Waals surface area (Å²) < 4.78 is 13.5. The van der Waals surface area contributed by atoms with Gasteiger partial charge in [-0.2, -0.15) is 0 Å². The molecule has 0 spiro atoms. The van der Waals surface area contributed by atoms with Crippen LogP contribution in [0.25, 0.3) is 0 Å². The van der Waals surface area contributed by atoms with Crippen LogP contribution in [0.2, 0.25) is 0 Å². The minimum atomic E-state index is 0. The van der Waals surface area contributed by atoms with Crippen LogP contribution in [0, 0.1) is 0 Å². The SMILES string of the molecule is CCCCCCCCCCCCCCCCOCC(C[N+](C)(C)CCCN)OCCCCCCCCCCCCCCCC.[Br-]. The fourth-order valence-electron chi connectivity index (χ4n) is 6.48. The fourth-order valence-corrected chi connectivity index (χ4v) is 6.48. The monoisotopic (exact) mass is 705 g/mol. The maximum Gasteiger partial charge on any atom is 0.130 e. The highest BCUT2D eigenvalue weighted by atomic mass is 79.9. The summed E-state index contributed by atoms with van der Waals surface area (Å²) in [5.74, 6) is 0. The van der Waals surface area contributed by atoms with E-state index in [0.717, 1.165) is 50.4 Å². The highest BCUT2D eigenvalue weighted by Crippen LogP contribution is 2.15. The summed E-state index contributed by atoms with van der Waals surface area (Å²) in [4.78, 5) is 0. The summed E-state index contributed by atoms with van der Waals surface area (Å²) in [6.07, 6.45) is 40.4. The molecule has 0 aromatic heterocycles. The zero-order chi connectivity index (χ0) is 32.2. The van der Waals surface area contributed by atoms with Crippen molar-refractivity contribution in [3.8, 4) is 0 Å². The second-order valence-electron chi connectivity index (χ2n) is 14.7. The summed E-state index contributed by atoms with van der Waals surface area (Å²) >= 11 is 0. The first-order valence-corrected chi connectivity index (χ1v) is 20.3. The van der Waals surface area contributed by atoms with Gasteiger partial charge in [0.15, 0.2) is 0 Å². The number of hydrogen-bond donors (Lipinski definition) is 1. The number of rotatable bonds is 38. The van der Waals surface area contributed by atoms with Crippen LogP contribution < -0.4 is 22.7 Å². The van der Waals surface area contributed by atoms with Crippen LogP contribution in [0.5, 0.6) is 0 Å². The second kappa shape index (κ2) is 38.8. The van der Waals surface area contributed by atoms with Gasteiger partial charge in [0, 0.05) is 19.6 Å². The number of hydrogen-bond acceptors (Lipinski definition) is 3. The average molecular weight is 706 g/mol. The van der Waals surface area contributed by atoms with E-state index in [1.165, 1.54) is 180 Å². The fraction of sp³-hybridized carbons (Fsp3) is 1.00. The van der Waals surface area contributed by atoms with Crippen molar-refractivity contribution < 1.29 is 30.9 Å². The van der Waals surface area contributed by atoms with Crippen LogP contribution in [0.4, 0.5) is 0 Å². The summed E-state index contributed by atoms with van der Waals surface area (Å²) in [5.41, 5.74) is 5.80. The molecule has 274 valence electrons. The molecule has 2 N–H and O–H groups in total. The number of nitrogens with zero attached hydrogens (tertiary/aromatic N) is 1. The first-order valence-electron chi connectivity index (χ1n) is 20.3. The van der Waals surface area contributed by atoms with Crippen LogP contribution in [0.1, 0.15) is 200 Å². The Morgan fingerprint density at radius 2 is 0.800 bits per heavy atom. The van der Waals surface area contributed by atoms with Crippen molar-refractivity contribution in [2.75, 3.05) is 53.6 Å². The largest absolute Gasteiger partial charge is 1.00 e. The lowest BCUT2D eigenvalue weighted by Crippen LogP contribution is -3.00. The van der Waals surface area contributed by atoms with Gasteiger partial charge in [-0.25, -0.2) is 0 Å². The Balaban J connectivity index is 0. The van der Waals surface area contributed by atoms with Gasteiger partial charge in [-0.3, -0.25) is 0 Å². The number of unbranched alkanes of at least 4 members (excludes halogenated alkanes) is 26. The number of ether oxygens (including phenoxy) is 2. The van der Waals surface area contributed by atoms with Gasteiger partial charge in [-0.15, -0.1) is 0 Å². The molecule has 0 bridgehead atoms.